The standard InChI is InChI=1S/C14H17ClN4O/c1-3-10-5-7-11(8-6-10)9-16-13-17-12(15)18-14(19-13)20-4-2/h5-8H,3-4,9H2,1-2H3,(H,16,17,18,19). The van der Waals surface area contributed by atoms with Crippen molar-refractivity contribution in [3.63, 3.8) is 0 Å². The SMILES string of the molecule is CCOc1nc(Cl)nc(NCc2ccc(CC)cc2)n1. The summed E-state index contributed by atoms with van der Waals surface area (Å²) >= 11 is 5.82. The van der Waals surface area contributed by atoms with Crippen LogP contribution in [0.3, 0.4) is 0 Å². The van der Waals surface area contributed by atoms with Gasteiger partial charge in [-0.05, 0) is 36.1 Å². The maximum Gasteiger partial charge on any atom is 0.322 e. The molecule has 0 aliphatic rings. The van der Waals surface area contributed by atoms with Gasteiger partial charge in [-0.3, -0.25) is 0 Å². The molecule has 2 aromatic rings. The molecule has 0 saturated carbocycles. The lowest BCUT2D eigenvalue weighted by Gasteiger charge is -2.07. The van der Waals surface area contributed by atoms with E-state index in [0.29, 0.717) is 19.1 Å². The first kappa shape index (κ1) is 14.5. The Hall–Kier alpha value is -1.88. The van der Waals surface area contributed by atoms with E-state index in [1.807, 2.05) is 6.92 Å². The van der Waals surface area contributed by atoms with Gasteiger partial charge in [0.15, 0.2) is 0 Å². The van der Waals surface area contributed by atoms with Crippen molar-refractivity contribution in [1.29, 1.82) is 0 Å². The van der Waals surface area contributed by atoms with Gasteiger partial charge in [0.2, 0.25) is 11.2 Å². The maximum atomic E-state index is 5.82. The number of aromatic nitrogens is 3. The average Bonchev–Trinajstić information content (AvgIpc) is 2.45. The van der Waals surface area contributed by atoms with Crippen LogP contribution in [0, 0.1) is 0 Å². The molecule has 0 aliphatic heterocycles. The van der Waals surface area contributed by atoms with Gasteiger partial charge in [0.25, 0.3) is 0 Å². The van der Waals surface area contributed by atoms with Crippen LogP contribution < -0.4 is 10.1 Å². The summed E-state index contributed by atoms with van der Waals surface area (Å²) in [6.45, 7) is 5.10. The van der Waals surface area contributed by atoms with E-state index in [-0.39, 0.29) is 11.3 Å². The van der Waals surface area contributed by atoms with Crippen LogP contribution in [-0.4, -0.2) is 21.6 Å². The van der Waals surface area contributed by atoms with Gasteiger partial charge < -0.3 is 10.1 Å². The molecular weight excluding hydrogens is 276 g/mol. The van der Waals surface area contributed by atoms with Crippen LogP contribution in [0.15, 0.2) is 24.3 Å². The molecule has 20 heavy (non-hydrogen) atoms. The highest BCUT2D eigenvalue weighted by atomic mass is 35.5. The van der Waals surface area contributed by atoms with Crippen LogP contribution >= 0.6 is 11.6 Å². The molecular formula is C14H17ClN4O. The molecule has 1 aromatic carbocycles. The molecule has 0 aliphatic carbocycles. The minimum atomic E-state index is 0.118. The number of halogens is 1. The third-order valence-corrected chi connectivity index (χ3v) is 2.91. The number of aryl methyl sites for hydroxylation is 1. The van der Waals surface area contributed by atoms with E-state index in [4.69, 9.17) is 16.3 Å². The number of hydrogen-bond donors (Lipinski definition) is 1. The van der Waals surface area contributed by atoms with Crippen LogP contribution in [0.4, 0.5) is 5.95 Å². The summed E-state index contributed by atoms with van der Waals surface area (Å²) in [5, 5.41) is 3.23. The molecule has 2 rings (SSSR count). The number of nitrogens with zero attached hydrogens (tertiary/aromatic N) is 3. The van der Waals surface area contributed by atoms with Crippen molar-refractivity contribution < 1.29 is 4.74 Å². The molecule has 1 heterocycles. The Morgan fingerprint density at radius 3 is 2.40 bits per heavy atom. The summed E-state index contributed by atoms with van der Waals surface area (Å²) in [6.07, 6.45) is 1.04. The second-order valence-corrected chi connectivity index (χ2v) is 4.51. The van der Waals surface area contributed by atoms with Crippen molar-refractivity contribution in [3.8, 4) is 6.01 Å². The molecule has 0 amide bonds. The smallest absolute Gasteiger partial charge is 0.322 e. The molecule has 6 heteroatoms. The Kier molecular flexibility index (Phi) is 5.12. The molecule has 0 fully saturated rings. The highest BCUT2D eigenvalue weighted by molar-refractivity contribution is 6.28. The summed E-state index contributed by atoms with van der Waals surface area (Å²) in [6, 6.07) is 8.62. The van der Waals surface area contributed by atoms with Crippen LogP contribution in [0.25, 0.3) is 0 Å². The van der Waals surface area contributed by atoms with Crippen molar-refractivity contribution in [3.05, 3.63) is 40.7 Å². The quantitative estimate of drug-likeness (QED) is 0.886. The van der Waals surface area contributed by atoms with Crippen molar-refractivity contribution >= 4 is 17.5 Å². The highest BCUT2D eigenvalue weighted by Crippen LogP contribution is 2.12. The Bertz CT molecular complexity index is 560. The average molecular weight is 293 g/mol. The monoisotopic (exact) mass is 292 g/mol. The highest BCUT2D eigenvalue weighted by Gasteiger charge is 2.05. The Balaban J connectivity index is 2.02. The number of benzene rings is 1. The summed E-state index contributed by atoms with van der Waals surface area (Å²) in [5.74, 6) is 0.410. The van der Waals surface area contributed by atoms with Gasteiger partial charge in [-0.25, -0.2) is 0 Å². The van der Waals surface area contributed by atoms with E-state index >= 15 is 0 Å². The topological polar surface area (TPSA) is 59.9 Å². The maximum absolute atomic E-state index is 5.82. The molecule has 0 saturated heterocycles. The van der Waals surface area contributed by atoms with E-state index in [1.54, 1.807) is 0 Å². The van der Waals surface area contributed by atoms with Crippen LogP contribution in [-0.2, 0) is 13.0 Å². The molecule has 1 N–H and O–H groups in total. The lowest BCUT2D eigenvalue weighted by Crippen LogP contribution is -2.07. The molecule has 0 spiro atoms. The zero-order chi connectivity index (χ0) is 14.4. The fourth-order valence-electron chi connectivity index (χ4n) is 1.68. The number of hydrogen-bond acceptors (Lipinski definition) is 5. The van der Waals surface area contributed by atoms with Crippen LogP contribution in [0.1, 0.15) is 25.0 Å². The zero-order valence-electron chi connectivity index (χ0n) is 11.6. The zero-order valence-corrected chi connectivity index (χ0v) is 12.3. The predicted molar refractivity (Wildman–Crippen MR) is 79.2 cm³/mol. The van der Waals surface area contributed by atoms with Crippen molar-refractivity contribution in [1.82, 2.24) is 15.0 Å². The lowest BCUT2D eigenvalue weighted by molar-refractivity contribution is 0.312. The van der Waals surface area contributed by atoms with Gasteiger partial charge >= 0.3 is 6.01 Å². The third-order valence-electron chi connectivity index (χ3n) is 2.74. The van der Waals surface area contributed by atoms with Crippen molar-refractivity contribution in [2.24, 2.45) is 0 Å². The van der Waals surface area contributed by atoms with E-state index in [1.165, 1.54) is 5.56 Å². The summed E-state index contributed by atoms with van der Waals surface area (Å²) in [4.78, 5) is 12.0. The Labute approximate surface area is 123 Å². The molecule has 1 aromatic heterocycles. The Morgan fingerprint density at radius 2 is 1.75 bits per heavy atom. The summed E-state index contributed by atoms with van der Waals surface area (Å²) < 4.78 is 5.22. The molecule has 0 radical (unpaired) electrons. The van der Waals surface area contributed by atoms with Gasteiger partial charge in [0.1, 0.15) is 0 Å². The third kappa shape index (κ3) is 4.06. The van der Waals surface area contributed by atoms with Crippen molar-refractivity contribution in [2.45, 2.75) is 26.8 Å². The normalized spacial score (nSPS) is 10.3. The first-order chi connectivity index (χ1) is 9.71. The van der Waals surface area contributed by atoms with E-state index in [2.05, 4.69) is 51.5 Å². The number of anilines is 1. The molecule has 0 unspecified atom stereocenters. The minimum absolute atomic E-state index is 0.118. The van der Waals surface area contributed by atoms with Crippen LogP contribution in [0.5, 0.6) is 6.01 Å². The van der Waals surface area contributed by atoms with E-state index in [0.717, 1.165) is 12.0 Å². The minimum Gasteiger partial charge on any atom is -0.464 e. The first-order valence-corrected chi connectivity index (χ1v) is 6.95. The van der Waals surface area contributed by atoms with Gasteiger partial charge in [-0.15, -0.1) is 0 Å². The molecule has 106 valence electrons. The van der Waals surface area contributed by atoms with Gasteiger partial charge in [0.05, 0.1) is 6.61 Å². The molecule has 0 atom stereocenters. The molecule has 0 bridgehead atoms. The Morgan fingerprint density at radius 1 is 1.05 bits per heavy atom. The van der Waals surface area contributed by atoms with Crippen LogP contribution in [0.2, 0.25) is 5.28 Å². The second kappa shape index (κ2) is 7.05. The van der Waals surface area contributed by atoms with Crippen molar-refractivity contribution in [2.75, 3.05) is 11.9 Å². The van der Waals surface area contributed by atoms with Gasteiger partial charge in [-0.2, -0.15) is 15.0 Å². The fraction of sp³-hybridized carbons (Fsp3) is 0.357. The second-order valence-electron chi connectivity index (χ2n) is 4.17. The van der Waals surface area contributed by atoms with E-state index in [9.17, 15) is 0 Å². The molecule has 5 nitrogen and oxygen atoms in total. The first-order valence-electron chi connectivity index (χ1n) is 6.57. The number of ether oxygens (including phenoxy) is 1. The largest absolute Gasteiger partial charge is 0.464 e. The van der Waals surface area contributed by atoms with Gasteiger partial charge in [-0.1, -0.05) is 31.2 Å². The fourth-order valence-corrected chi connectivity index (χ4v) is 1.83. The summed E-state index contributed by atoms with van der Waals surface area (Å²) in [7, 11) is 0. The number of rotatable bonds is 6. The van der Waals surface area contributed by atoms with E-state index < -0.39 is 0 Å². The lowest BCUT2D eigenvalue weighted by atomic mass is 10.1. The van der Waals surface area contributed by atoms with Gasteiger partial charge in [0, 0.05) is 6.54 Å². The summed E-state index contributed by atoms with van der Waals surface area (Å²) in [5.41, 5.74) is 2.47. The number of nitrogens with one attached hydrogen (secondary N) is 1. The predicted octanol–water partition coefficient (Wildman–Crippen LogP) is 3.10.